The first-order valence-corrected chi connectivity index (χ1v) is 5.72. The van der Waals surface area contributed by atoms with Gasteiger partial charge < -0.3 is 18.7 Å². The van der Waals surface area contributed by atoms with E-state index in [1.54, 1.807) is 6.07 Å². The van der Waals surface area contributed by atoms with E-state index < -0.39 is 12.4 Å². The van der Waals surface area contributed by atoms with Crippen molar-refractivity contribution in [2.45, 2.75) is 19.0 Å². The fourth-order valence-electron chi connectivity index (χ4n) is 2.16. The highest BCUT2D eigenvalue weighted by molar-refractivity contribution is 6.73. The van der Waals surface area contributed by atoms with E-state index in [9.17, 15) is 12.9 Å². The molecule has 1 aromatic rings. The molecule has 6 heteroatoms. The SMILES string of the molecule is N[C@@H]1CCN(Cc2cccc([B-](F)(F)F)c2)C1. The number of benzene rings is 1. The standard InChI is InChI=1S/C11H15BF3N2/c13-12(14,15)10-3-1-2-9(6-10)7-17-5-4-11(16)8-17/h1-3,6,11H,4-5,7-8,16H2/q-1/t11-/m1/s1. The molecule has 0 unspecified atom stereocenters. The van der Waals surface area contributed by atoms with Gasteiger partial charge in [-0.05, 0) is 12.0 Å². The van der Waals surface area contributed by atoms with Crippen molar-refractivity contribution in [3.63, 3.8) is 0 Å². The number of hydrogen-bond acceptors (Lipinski definition) is 2. The van der Waals surface area contributed by atoms with E-state index in [0.29, 0.717) is 12.1 Å². The van der Waals surface area contributed by atoms with Gasteiger partial charge in [-0.2, -0.15) is 0 Å². The van der Waals surface area contributed by atoms with Crippen LogP contribution in [0.5, 0.6) is 0 Å². The van der Waals surface area contributed by atoms with Crippen LogP contribution in [-0.4, -0.2) is 31.0 Å². The lowest BCUT2D eigenvalue weighted by Gasteiger charge is -2.19. The van der Waals surface area contributed by atoms with Crippen LogP contribution in [0, 0.1) is 0 Å². The lowest BCUT2D eigenvalue weighted by molar-refractivity contribution is 0.327. The summed E-state index contributed by atoms with van der Waals surface area (Å²) in [5.41, 5.74) is 5.94. The Bertz CT molecular complexity index is 395. The molecule has 1 aliphatic heterocycles. The van der Waals surface area contributed by atoms with Crippen molar-refractivity contribution in [3.8, 4) is 0 Å². The molecule has 2 rings (SSSR count). The first-order chi connectivity index (χ1) is 7.95. The van der Waals surface area contributed by atoms with E-state index in [1.807, 2.05) is 0 Å². The van der Waals surface area contributed by atoms with Crippen LogP contribution in [0.1, 0.15) is 12.0 Å². The number of nitrogens with zero attached hydrogens (tertiary/aromatic N) is 1. The molecule has 94 valence electrons. The Morgan fingerprint density at radius 2 is 2.12 bits per heavy atom. The molecule has 1 fully saturated rings. The zero-order chi connectivity index (χ0) is 12.5. The van der Waals surface area contributed by atoms with Crippen LogP contribution in [0.4, 0.5) is 12.9 Å². The van der Waals surface area contributed by atoms with Gasteiger partial charge >= 0.3 is 6.98 Å². The van der Waals surface area contributed by atoms with Crippen molar-refractivity contribution >= 4 is 12.4 Å². The van der Waals surface area contributed by atoms with Gasteiger partial charge in [0, 0.05) is 25.7 Å². The minimum absolute atomic E-state index is 0.157. The Balaban J connectivity index is 2.06. The van der Waals surface area contributed by atoms with Gasteiger partial charge in [0.1, 0.15) is 0 Å². The molecule has 0 bridgehead atoms. The summed E-state index contributed by atoms with van der Waals surface area (Å²) in [6.45, 7) is -2.72. The van der Waals surface area contributed by atoms with Crippen LogP contribution in [-0.2, 0) is 6.54 Å². The van der Waals surface area contributed by atoms with E-state index in [1.165, 1.54) is 12.1 Å². The topological polar surface area (TPSA) is 29.3 Å². The van der Waals surface area contributed by atoms with Gasteiger partial charge in [0.05, 0.1) is 0 Å². The minimum atomic E-state index is -4.90. The molecule has 1 aromatic carbocycles. The van der Waals surface area contributed by atoms with Gasteiger partial charge in [-0.15, -0.1) is 5.46 Å². The number of halogens is 3. The molecule has 2 N–H and O–H groups in total. The van der Waals surface area contributed by atoms with E-state index in [-0.39, 0.29) is 6.04 Å². The largest absolute Gasteiger partial charge is 0.509 e. The summed E-state index contributed by atoms with van der Waals surface area (Å²) in [6.07, 6.45) is 0.920. The molecule has 0 radical (unpaired) electrons. The van der Waals surface area contributed by atoms with Crippen LogP contribution in [0.25, 0.3) is 0 Å². The highest BCUT2D eigenvalue weighted by atomic mass is 19.4. The maximum Gasteiger partial charge on any atom is 0.509 e. The monoisotopic (exact) mass is 243 g/mol. The second-order valence-electron chi connectivity index (χ2n) is 4.60. The van der Waals surface area contributed by atoms with Gasteiger partial charge in [-0.1, -0.05) is 24.3 Å². The van der Waals surface area contributed by atoms with Gasteiger partial charge in [-0.3, -0.25) is 4.90 Å². The molecule has 0 amide bonds. The van der Waals surface area contributed by atoms with Crippen LogP contribution in [0.2, 0.25) is 0 Å². The van der Waals surface area contributed by atoms with Crippen molar-refractivity contribution in [2.24, 2.45) is 5.73 Å². The summed E-state index contributed by atoms with van der Waals surface area (Å²) < 4.78 is 37.7. The van der Waals surface area contributed by atoms with Crippen LogP contribution < -0.4 is 11.2 Å². The number of likely N-dealkylation sites (tertiary alicyclic amines) is 1. The van der Waals surface area contributed by atoms with Crippen LogP contribution >= 0.6 is 0 Å². The van der Waals surface area contributed by atoms with Crippen LogP contribution in [0.15, 0.2) is 24.3 Å². The Kier molecular flexibility index (Phi) is 3.44. The van der Waals surface area contributed by atoms with E-state index in [4.69, 9.17) is 5.73 Å². The molecule has 0 spiro atoms. The predicted molar refractivity (Wildman–Crippen MR) is 63.0 cm³/mol. The number of nitrogens with two attached hydrogens (primary N) is 1. The van der Waals surface area contributed by atoms with Gasteiger partial charge in [-0.25, -0.2) is 0 Å². The quantitative estimate of drug-likeness (QED) is 0.810. The molecule has 17 heavy (non-hydrogen) atoms. The molecule has 1 heterocycles. The molecule has 0 aliphatic carbocycles. The van der Waals surface area contributed by atoms with Crippen molar-refractivity contribution in [1.82, 2.24) is 4.90 Å². The maximum absolute atomic E-state index is 12.6. The summed E-state index contributed by atoms with van der Waals surface area (Å²) in [4.78, 5) is 2.09. The zero-order valence-corrected chi connectivity index (χ0v) is 9.45. The molecule has 1 atom stereocenters. The van der Waals surface area contributed by atoms with Crippen molar-refractivity contribution in [3.05, 3.63) is 29.8 Å². The van der Waals surface area contributed by atoms with Gasteiger partial charge in [0.2, 0.25) is 0 Å². The number of rotatable bonds is 3. The third-order valence-corrected chi connectivity index (χ3v) is 3.04. The Morgan fingerprint density at radius 3 is 2.71 bits per heavy atom. The second kappa shape index (κ2) is 4.70. The highest BCUT2D eigenvalue weighted by Gasteiger charge is 2.26. The summed E-state index contributed by atoms with van der Waals surface area (Å²) in [5, 5.41) is 0. The number of hydrogen-bond donors (Lipinski definition) is 1. The fraction of sp³-hybridized carbons (Fsp3) is 0.455. The van der Waals surface area contributed by atoms with Crippen molar-refractivity contribution in [1.29, 1.82) is 0 Å². The lowest BCUT2D eigenvalue weighted by Crippen LogP contribution is -2.34. The van der Waals surface area contributed by atoms with Crippen molar-refractivity contribution in [2.75, 3.05) is 13.1 Å². The summed E-state index contributed by atoms with van der Waals surface area (Å²) in [6, 6.07) is 5.72. The van der Waals surface area contributed by atoms with Gasteiger partial charge in [0.15, 0.2) is 0 Å². The Morgan fingerprint density at radius 1 is 1.35 bits per heavy atom. The maximum atomic E-state index is 12.6. The fourth-order valence-corrected chi connectivity index (χ4v) is 2.16. The van der Waals surface area contributed by atoms with E-state index in [0.717, 1.165) is 25.6 Å². The second-order valence-corrected chi connectivity index (χ2v) is 4.60. The summed E-state index contributed by atoms with van der Waals surface area (Å²) >= 11 is 0. The van der Waals surface area contributed by atoms with Gasteiger partial charge in [0.25, 0.3) is 0 Å². The molecule has 2 nitrogen and oxygen atoms in total. The molecule has 0 saturated carbocycles. The summed E-state index contributed by atoms with van der Waals surface area (Å²) in [5.74, 6) is 0. The molecule has 1 saturated heterocycles. The first-order valence-electron chi connectivity index (χ1n) is 5.72. The van der Waals surface area contributed by atoms with Crippen molar-refractivity contribution < 1.29 is 12.9 Å². The minimum Gasteiger partial charge on any atom is -0.445 e. The Labute approximate surface area is 98.7 Å². The zero-order valence-electron chi connectivity index (χ0n) is 9.45. The summed E-state index contributed by atoms with van der Waals surface area (Å²) in [7, 11) is 0. The Hall–Kier alpha value is -1.01. The normalized spacial score (nSPS) is 22.0. The highest BCUT2D eigenvalue weighted by Crippen LogP contribution is 2.14. The first kappa shape index (κ1) is 12.5. The van der Waals surface area contributed by atoms with Crippen LogP contribution in [0.3, 0.4) is 0 Å². The smallest absolute Gasteiger partial charge is 0.445 e. The molecule has 1 aliphatic rings. The third kappa shape index (κ3) is 3.23. The average molecular weight is 243 g/mol. The molecular formula is C11H15BF3N2-. The molecule has 0 aromatic heterocycles. The third-order valence-electron chi connectivity index (χ3n) is 3.04. The van der Waals surface area contributed by atoms with E-state index in [2.05, 4.69) is 4.90 Å². The average Bonchev–Trinajstić information content (AvgIpc) is 2.63. The lowest BCUT2D eigenvalue weighted by atomic mass is 9.79. The predicted octanol–water partition coefficient (Wildman–Crippen LogP) is 1.27. The van der Waals surface area contributed by atoms with E-state index >= 15 is 0 Å². The molecular weight excluding hydrogens is 228 g/mol.